The summed E-state index contributed by atoms with van der Waals surface area (Å²) in [5.74, 6) is 0.459. The van der Waals surface area contributed by atoms with Gasteiger partial charge in [-0.15, -0.1) is 5.10 Å². The van der Waals surface area contributed by atoms with Crippen molar-refractivity contribution in [1.29, 1.82) is 0 Å². The molecule has 2 aromatic heterocycles. The molecule has 0 aliphatic carbocycles. The first-order chi connectivity index (χ1) is 15.6. The molecule has 7 nitrogen and oxygen atoms in total. The van der Waals surface area contributed by atoms with Crippen molar-refractivity contribution in [1.82, 2.24) is 30.1 Å². The molecule has 0 saturated carbocycles. The molecule has 162 valence electrons. The van der Waals surface area contributed by atoms with Crippen LogP contribution in [-0.2, 0) is 6.54 Å². The molecule has 2 atom stereocenters. The van der Waals surface area contributed by atoms with Crippen LogP contribution in [0, 0.1) is 5.82 Å². The van der Waals surface area contributed by atoms with Crippen molar-refractivity contribution in [2.24, 2.45) is 0 Å². The van der Waals surface area contributed by atoms with E-state index in [2.05, 4.69) is 68.1 Å². The molecule has 2 N–H and O–H groups in total. The summed E-state index contributed by atoms with van der Waals surface area (Å²) >= 11 is 0. The minimum atomic E-state index is -0.240. The lowest BCUT2D eigenvalue weighted by Crippen LogP contribution is -2.41. The van der Waals surface area contributed by atoms with E-state index in [9.17, 15) is 4.39 Å². The lowest BCUT2D eigenvalue weighted by molar-refractivity contribution is 0.396. The zero-order valence-electron chi connectivity index (χ0n) is 17.8. The van der Waals surface area contributed by atoms with Crippen LogP contribution in [0.4, 0.5) is 10.1 Å². The molecule has 2 aliphatic rings. The Labute approximate surface area is 185 Å². The van der Waals surface area contributed by atoms with Gasteiger partial charge in [-0.25, -0.2) is 4.39 Å². The highest BCUT2D eigenvalue weighted by Crippen LogP contribution is 2.34. The summed E-state index contributed by atoms with van der Waals surface area (Å²) < 4.78 is 17.4. The molecule has 4 aromatic rings. The SMILES string of the molecule is CC1CC(Nc2ccc3c(c2)Cn2cc(-c4ccc(F)cc4)cc2-c2nnnn2-3)CCN1. The molecule has 4 heterocycles. The maximum atomic E-state index is 13.4. The number of piperidine rings is 1. The van der Waals surface area contributed by atoms with E-state index in [1.165, 1.54) is 12.1 Å². The highest BCUT2D eigenvalue weighted by molar-refractivity contribution is 5.71. The number of anilines is 1. The van der Waals surface area contributed by atoms with Crippen molar-refractivity contribution >= 4 is 5.69 Å². The van der Waals surface area contributed by atoms with Crippen LogP contribution in [0.3, 0.4) is 0 Å². The summed E-state index contributed by atoms with van der Waals surface area (Å²) in [5, 5.41) is 19.7. The highest BCUT2D eigenvalue weighted by Gasteiger charge is 2.24. The number of rotatable bonds is 3. The first-order valence-electron chi connectivity index (χ1n) is 11.0. The summed E-state index contributed by atoms with van der Waals surface area (Å²) in [6, 6.07) is 16.0. The standard InChI is InChI=1S/C24H24FN7/c1-15-10-21(8-9-26-15)27-20-6-7-22-18(11-20)14-31-13-17(16-2-4-19(25)5-3-16)12-23(31)24-28-29-30-32(22)24/h2-7,11-13,15,21,26-27H,8-10,14H2,1H3. The number of tetrazole rings is 1. The quantitative estimate of drug-likeness (QED) is 0.456. The Morgan fingerprint density at radius 2 is 1.97 bits per heavy atom. The van der Waals surface area contributed by atoms with Crippen LogP contribution in [0.15, 0.2) is 54.7 Å². The van der Waals surface area contributed by atoms with Gasteiger partial charge in [0, 0.05) is 36.1 Å². The van der Waals surface area contributed by atoms with Crippen molar-refractivity contribution in [2.75, 3.05) is 11.9 Å². The van der Waals surface area contributed by atoms with Gasteiger partial charge in [0.2, 0.25) is 5.82 Å². The Hall–Kier alpha value is -3.52. The molecule has 0 amide bonds. The zero-order valence-corrected chi connectivity index (χ0v) is 17.8. The van der Waals surface area contributed by atoms with E-state index >= 15 is 0 Å². The maximum absolute atomic E-state index is 13.4. The molecular formula is C24H24FN7. The predicted octanol–water partition coefficient (Wildman–Crippen LogP) is 3.85. The monoisotopic (exact) mass is 429 g/mol. The number of fused-ring (bicyclic) bond motifs is 5. The van der Waals surface area contributed by atoms with Gasteiger partial charge in [0.15, 0.2) is 0 Å². The van der Waals surface area contributed by atoms with E-state index in [1.807, 2.05) is 0 Å². The molecule has 2 aromatic carbocycles. The molecule has 1 fully saturated rings. The third-order valence-corrected chi connectivity index (χ3v) is 6.42. The topological polar surface area (TPSA) is 72.6 Å². The molecule has 0 bridgehead atoms. The number of hydrogen-bond acceptors (Lipinski definition) is 5. The van der Waals surface area contributed by atoms with E-state index in [0.29, 0.717) is 24.5 Å². The van der Waals surface area contributed by atoms with Gasteiger partial charge >= 0.3 is 0 Å². The van der Waals surface area contributed by atoms with Gasteiger partial charge in [-0.3, -0.25) is 0 Å². The second-order valence-corrected chi connectivity index (χ2v) is 8.73. The van der Waals surface area contributed by atoms with Gasteiger partial charge in [-0.05, 0) is 84.3 Å². The number of hydrogen-bond donors (Lipinski definition) is 2. The summed E-state index contributed by atoms with van der Waals surface area (Å²) in [5.41, 5.74) is 6.16. The fourth-order valence-electron chi connectivity index (χ4n) is 4.83. The molecular weight excluding hydrogens is 405 g/mol. The summed E-state index contributed by atoms with van der Waals surface area (Å²) in [6.07, 6.45) is 4.31. The van der Waals surface area contributed by atoms with Crippen molar-refractivity contribution in [3.63, 3.8) is 0 Å². The third-order valence-electron chi connectivity index (χ3n) is 6.42. The zero-order chi connectivity index (χ0) is 21.7. The molecule has 6 rings (SSSR count). The minimum Gasteiger partial charge on any atom is -0.382 e. The lowest BCUT2D eigenvalue weighted by Gasteiger charge is -2.29. The largest absolute Gasteiger partial charge is 0.382 e. The molecule has 2 unspecified atom stereocenters. The summed E-state index contributed by atoms with van der Waals surface area (Å²) in [4.78, 5) is 0. The fraction of sp³-hybridized carbons (Fsp3) is 0.292. The minimum absolute atomic E-state index is 0.240. The third kappa shape index (κ3) is 3.36. The van der Waals surface area contributed by atoms with Crippen LogP contribution in [0.5, 0.6) is 0 Å². The Balaban J connectivity index is 1.38. The fourth-order valence-corrected chi connectivity index (χ4v) is 4.83. The van der Waals surface area contributed by atoms with Gasteiger partial charge in [-0.2, -0.15) is 4.68 Å². The van der Waals surface area contributed by atoms with Gasteiger partial charge in [0.25, 0.3) is 0 Å². The molecule has 32 heavy (non-hydrogen) atoms. The average Bonchev–Trinajstić information content (AvgIpc) is 3.40. The van der Waals surface area contributed by atoms with Crippen molar-refractivity contribution in [2.45, 2.75) is 38.4 Å². The van der Waals surface area contributed by atoms with E-state index in [0.717, 1.165) is 53.1 Å². The second-order valence-electron chi connectivity index (χ2n) is 8.73. The molecule has 0 spiro atoms. The smallest absolute Gasteiger partial charge is 0.203 e. The molecule has 2 aliphatic heterocycles. The average molecular weight is 430 g/mol. The van der Waals surface area contributed by atoms with Gasteiger partial charge in [-0.1, -0.05) is 12.1 Å². The molecule has 0 radical (unpaired) electrons. The van der Waals surface area contributed by atoms with Crippen molar-refractivity contribution < 1.29 is 4.39 Å². The Morgan fingerprint density at radius 3 is 2.81 bits per heavy atom. The highest BCUT2D eigenvalue weighted by atomic mass is 19.1. The number of aromatic nitrogens is 5. The Kier molecular flexibility index (Phi) is 4.53. The van der Waals surface area contributed by atoms with Crippen LogP contribution in [0.25, 0.3) is 28.3 Å². The van der Waals surface area contributed by atoms with Crippen LogP contribution >= 0.6 is 0 Å². The summed E-state index contributed by atoms with van der Waals surface area (Å²) in [7, 11) is 0. The van der Waals surface area contributed by atoms with Crippen LogP contribution in [0.1, 0.15) is 25.3 Å². The number of benzene rings is 2. The first-order valence-corrected chi connectivity index (χ1v) is 11.0. The van der Waals surface area contributed by atoms with Crippen LogP contribution in [-0.4, -0.2) is 43.4 Å². The van der Waals surface area contributed by atoms with E-state index in [-0.39, 0.29) is 5.82 Å². The van der Waals surface area contributed by atoms with Gasteiger partial charge in [0.05, 0.1) is 11.4 Å². The normalized spacial score (nSPS) is 19.6. The number of nitrogens with zero attached hydrogens (tertiary/aromatic N) is 5. The number of halogens is 1. The lowest BCUT2D eigenvalue weighted by atomic mass is 10.00. The van der Waals surface area contributed by atoms with Crippen LogP contribution in [0.2, 0.25) is 0 Å². The molecule has 8 heteroatoms. The Morgan fingerprint density at radius 1 is 1.09 bits per heavy atom. The predicted molar refractivity (Wildman–Crippen MR) is 121 cm³/mol. The van der Waals surface area contributed by atoms with Gasteiger partial charge < -0.3 is 15.2 Å². The second kappa shape index (κ2) is 7.56. The Bertz CT molecular complexity index is 1270. The number of nitrogens with one attached hydrogen (secondary N) is 2. The first kappa shape index (κ1) is 19.2. The van der Waals surface area contributed by atoms with E-state index in [1.54, 1.807) is 16.8 Å². The maximum Gasteiger partial charge on any atom is 0.203 e. The van der Waals surface area contributed by atoms with Crippen molar-refractivity contribution in [3.05, 3.63) is 66.1 Å². The molecule has 1 saturated heterocycles. The van der Waals surface area contributed by atoms with Crippen molar-refractivity contribution in [3.8, 4) is 28.3 Å². The van der Waals surface area contributed by atoms with Gasteiger partial charge in [0.1, 0.15) is 5.82 Å². The van der Waals surface area contributed by atoms with E-state index in [4.69, 9.17) is 0 Å². The van der Waals surface area contributed by atoms with E-state index < -0.39 is 0 Å². The van der Waals surface area contributed by atoms with Crippen LogP contribution < -0.4 is 10.6 Å². The summed E-state index contributed by atoms with van der Waals surface area (Å²) in [6.45, 7) is 3.96.